The molecule has 4 nitrogen and oxygen atoms in total. The first-order chi connectivity index (χ1) is 11.3. The third kappa shape index (κ3) is 3.95. The summed E-state index contributed by atoms with van der Waals surface area (Å²) in [7, 11) is 1.64. The smallest absolute Gasteiger partial charge is 0.119 e. The topological polar surface area (TPSA) is 49.1 Å². The van der Waals surface area contributed by atoms with Gasteiger partial charge >= 0.3 is 0 Å². The fourth-order valence-electron chi connectivity index (χ4n) is 2.91. The van der Waals surface area contributed by atoms with Crippen LogP contribution in [-0.2, 0) is 0 Å². The molecule has 0 amide bonds. The van der Waals surface area contributed by atoms with E-state index in [9.17, 15) is 5.26 Å². The number of hydrogen-bond donors (Lipinski definition) is 0. The molecule has 5 heteroatoms. The maximum absolute atomic E-state index is 9.41. The van der Waals surface area contributed by atoms with Crippen LogP contribution in [0.4, 0.5) is 0 Å². The maximum atomic E-state index is 9.41. The number of thioether (sulfide) groups is 1. The molecule has 0 atom stereocenters. The molecule has 0 saturated carbocycles. The molecule has 1 fully saturated rings. The second-order valence-electron chi connectivity index (χ2n) is 5.76. The molecule has 2 heterocycles. The molecule has 0 radical (unpaired) electrons. The van der Waals surface area contributed by atoms with Crippen molar-refractivity contribution in [1.29, 1.82) is 5.26 Å². The summed E-state index contributed by atoms with van der Waals surface area (Å²) in [6.07, 6.45) is 3.98. The Hall–Kier alpha value is -1.77. The summed E-state index contributed by atoms with van der Waals surface area (Å²) >= 11 is 1.68. The summed E-state index contributed by atoms with van der Waals surface area (Å²) in [5.41, 5.74) is 1.56. The quantitative estimate of drug-likeness (QED) is 0.784. The third-order valence-corrected chi connectivity index (χ3v) is 5.17. The van der Waals surface area contributed by atoms with Crippen LogP contribution in [0.5, 0.6) is 5.75 Å². The van der Waals surface area contributed by atoms with Crippen LogP contribution in [0, 0.1) is 11.3 Å². The lowest BCUT2D eigenvalue weighted by atomic mass is 10.1. The molecule has 0 bridgehead atoms. The lowest BCUT2D eigenvalue weighted by molar-refractivity contribution is 0.242. The minimum atomic E-state index is 0.648. The lowest BCUT2D eigenvalue weighted by Crippen LogP contribution is -2.31. The van der Waals surface area contributed by atoms with Crippen molar-refractivity contribution in [3.8, 4) is 11.8 Å². The molecule has 1 aliphatic rings. The first-order valence-corrected chi connectivity index (χ1v) is 9.03. The van der Waals surface area contributed by atoms with Gasteiger partial charge in [0.15, 0.2) is 0 Å². The van der Waals surface area contributed by atoms with Crippen molar-refractivity contribution in [1.82, 2.24) is 9.88 Å². The van der Waals surface area contributed by atoms with Crippen molar-refractivity contribution in [2.75, 3.05) is 32.5 Å². The van der Waals surface area contributed by atoms with Crippen LogP contribution in [0.2, 0.25) is 0 Å². The number of benzene rings is 1. The number of fused-ring (bicyclic) bond motifs is 1. The van der Waals surface area contributed by atoms with E-state index in [4.69, 9.17) is 4.74 Å². The van der Waals surface area contributed by atoms with E-state index in [0.29, 0.717) is 5.56 Å². The number of pyridine rings is 1. The SMILES string of the molecule is COc1ccc2nc(SCCN3CCCCC3)c(C#N)cc2c1. The van der Waals surface area contributed by atoms with E-state index in [0.717, 1.165) is 34.0 Å². The van der Waals surface area contributed by atoms with Gasteiger partial charge in [-0.2, -0.15) is 5.26 Å². The summed E-state index contributed by atoms with van der Waals surface area (Å²) in [5.74, 6) is 1.76. The Morgan fingerprint density at radius 2 is 2.09 bits per heavy atom. The Morgan fingerprint density at radius 1 is 1.26 bits per heavy atom. The number of aromatic nitrogens is 1. The van der Waals surface area contributed by atoms with E-state index in [-0.39, 0.29) is 0 Å². The molecular weight excluding hydrogens is 306 g/mol. The largest absolute Gasteiger partial charge is 0.497 e. The number of likely N-dealkylation sites (tertiary alicyclic amines) is 1. The van der Waals surface area contributed by atoms with Crippen molar-refractivity contribution >= 4 is 22.7 Å². The number of nitriles is 1. The van der Waals surface area contributed by atoms with E-state index in [1.54, 1.807) is 18.9 Å². The molecule has 3 rings (SSSR count). The van der Waals surface area contributed by atoms with E-state index >= 15 is 0 Å². The molecule has 0 N–H and O–H groups in total. The van der Waals surface area contributed by atoms with Crippen LogP contribution in [0.25, 0.3) is 10.9 Å². The van der Waals surface area contributed by atoms with Gasteiger partial charge in [0.05, 0.1) is 18.2 Å². The van der Waals surface area contributed by atoms with Gasteiger partial charge < -0.3 is 9.64 Å². The van der Waals surface area contributed by atoms with Crippen molar-refractivity contribution in [2.45, 2.75) is 24.3 Å². The maximum Gasteiger partial charge on any atom is 0.119 e. The van der Waals surface area contributed by atoms with Crippen LogP contribution in [0.1, 0.15) is 24.8 Å². The Balaban J connectivity index is 1.73. The number of methoxy groups -OCH3 is 1. The summed E-state index contributed by atoms with van der Waals surface area (Å²) in [6.45, 7) is 3.48. The molecule has 2 aromatic rings. The molecule has 120 valence electrons. The Labute approximate surface area is 141 Å². The second-order valence-corrected chi connectivity index (χ2v) is 6.85. The van der Waals surface area contributed by atoms with Gasteiger partial charge in [-0.15, -0.1) is 11.8 Å². The lowest BCUT2D eigenvalue weighted by Gasteiger charge is -2.26. The Kier molecular flexibility index (Phi) is 5.37. The van der Waals surface area contributed by atoms with Gasteiger partial charge in [0.1, 0.15) is 16.8 Å². The number of nitrogens with zero attached hydrogens (tertiary/aromatic N) is 3. The number of piperidine rings is 1. The normalized spacial score (nSPS) is 15.5. The van der Waals surface area contributed by atoms with Gasteiger partial charge in [0, 0.05) is 17.7 Å². The zero-order valence-electron chi connectivity index (χ0n) is 13.4. The highest BCUT2D eigenvalue weighted by Gasteiger charge is 2.12. The van der Waals surface area contributed by atoms with Crippen LogP contribution in [-0.4, -0.2) is 42.4 Å². The fourth-order valence-corrected chi connectivity index (χ4v) is 3.87. The van der Waals surface area contributed by atoms with E-state index in [1.165, 1.54) is 32.4 Å². The molecule has 1 aliphatic heterocycles. The molecule has 0 spiro atoms. The molecule has 1 aromatic carbocycles. The highest BCUT2D eigenvalue weighted by molar-refractivity contribution is 7.99. The van der Waals surface area contributed by atoms with Crippen LogP contribution in [0.3, 0.4) is 0 Å². The first kappa shape index (κ1) is 16.1. The predicted molar refractivity (Wildman–Crippen MR) is 94.0 cm³/mol. The van der Waals surface area contributed by atoms with Crippen LogP contribution < -0.4 is 4.74 Å². The summed E-state index contributed by atoms with van der Waals surface area (Å²) in [4.78, 5) is 7.18. The van der Waals surface area contributed by atoms with E-state index in [2.05, 4.69) is 16.0 Å². The monoisotopic (exact) mass is 327 g/mol. The predicted octanol–water partition coefficient (Wildman–Crippen LogP) is 3.69. The van der Waals surface area contributed by atoms with Gasteiger partial charge in [-0.05, 0) is 50.2 Å². The van der Waals surface area contributed by atoms with Crippen molar-refractivity contribution < 1.29 is 4.74 Å². The number of ether oxygens (including phenoxy) is 1. The van der Waals surface area contributed by atoms with Crippen LogP contribution >= 0.6 is 11.8 Å². The number of hydrogen-bond acceptors (Lipinski definition) is 5. The number of rotatable bonds is 5. The second kappa shape index (κ2) is 7.67. The zero-order valence-corrected chi connectivity index (χ0v) is 14.2. The summed E-state index contributed by atoms with van der Waals surface area (Å²) < 4.78 is 5.24. The standard InChI is InChI=1S/C18H21N3OS/c1-22-16-5-6-17-14(12-16)11-15(13-19)18(20-17)23-10-9-21-7-3-2-4-8-21/h5-6,11-12H,2-4,7-10H2,1H3. The molecular formula is C18H21N3OS. The summed E-state index contributed by atoms with van der Waals surface area (Å²) in [6, 6.07) is 9.96. The van der Waals surface area contributed by atoms with Crippen LogP contribution in [0.15, 0.2) is 29.3 Å². The third-order valence-electron chi connectivity index (χ3n) is 4.20. The minimum Gasteiger partial charge on any atom is -0.497 e. The summed E-state index contributed by atoms with van der Waals surface area (Å²) in [5, 5.41) is 11.2. The highest BCUT2D eigenvalue weighted by atomic mass is 32.2. The molecule has 0 aliphatic carbocycles. The molecule has 0 unspecified atom stereocenters. The van der Waals surface area contributed by atoms with Gasteiger partial charge in [-0.25, -0.2) is 4.98 Å². The molecule has 23 heavy (non-hydrogen) atoms. The van der Waals surface area contributed by atoms with Gasteiger partial charge in [0.25, 0.3) is 0 Å². The fraction of sp³-hybridized carbons (Fsp3) is 0.444. The van der Waals surface area contributed by atoms with Crippen molar-refractivity contribution in [3.63, 3.8) is 0 Å². The van der Waals surface area contributed by atoms with Gasteiger partial charge in [-0.3, -0.25) is 0 Å². The Bertz CT molecular complexity index is 720. The first-order valence-electron chi connectivity index (χ1n) is 8.04. The Morgan fingerprint density at radius 3 is 2.83 bits per heavy atom. The van der Waals surface area contributed by atoms with Crippen molar-refractivity contribution in [2.24, 2.45) is 0 Å². The van der Waals surface area contributed by atoms with Gasteiger partial charge in [-0.1, -0.05) is 6.42 Å². The minimum absolute atomic E-state index is 0.648. The average Bonchev–Trinajstić information content (AvgIpc) is 2.61. The van der Waals surface area contributed by atoms with E-state index < -0.39 is 0 Å². The zero-order chi connectivity index (χ0) is 16.1. The van der Waals surface area contributed by atoms with E-state index in [1.807, 2.05) is 24.3 Å². The average molecular weight is 327 g/mol. The highest BCUT2D eigenvalue weighted by Crippen LogP contribution is 2.27. The molecule has 1 saturated heterocycles. The van der Waals surface area contributed by atoms with Gasteiger partial charge in [0.2, 0.25) is 0 Å². The molecule has 1 aromatic heterocycles. The van der Waals surface area contributed by atoms with Crippen molar-refractivity contribution in [3.05, 3.63) is 29.8 Å².